The van der Waals surface area contributed by atoms with Crippen LogP contribution in [0.3, 0.4) is 0 Å². The molecular formula is C13H18N2S2. The molecule has 17 heavy (non-hydrogen) atoms. The summed E-state index contributed by atoms with van der Waals surface area (Å²) < 4.78 is 0. The number of rotatable bonds is 5. The number of aryl methyl sites for hydroxylation is 2. The zero-order valence-corrected chi connectivity index (χ0v) is 12.1. The molecule has 0 aromatic carbocycles. The minimum Gasteiger partial charge on any atom is -0.309 e. The quantitative estimate of drug-likeness (QED) is 0.892. The normalized spacial score (nSPS) is 12.9. The fourth-order valence-electron chi connectivity index (χ4n) is 1.92. The summed E-state index contributed by atoms with van der Waals surface area (Å²) in [5, 5.41) is 9.08. The van der Waals surface area contributed by atoms with E-state index >= 15 is 0 Å². The summed E-state index contributed by atoms with van der Waals surface area (Å²) >= 11 is 3.60. The molecule has 0 bridgehead atoms. The molecule has 2 heterocycles. The van der Waals surface area contributed by atoms with E-state index in [1.54, 1.807) is 11.3 Å². The summed E-state index contributed by atoms with van der Waals surface area (Å²) in [5.74, 6) is 0. The Morgan fingerprint density at radius 3 is 2.71 bits per heavy atom. The van der Waals surface area contributed by atoms with Crippen molar-refractivity contribution >= 4 is 22.7 Å². The molecule has 1 atom stereocenters. The lowest BCUT2D eigenvalue weighted by Gasteiger charge is -2.16. The van der Waals surface area contributed by atoms with Crippen LogP contribution in [0.5, 0.6) is 0 Å². The Morgan fingerprint density at radius 1 is 1.35 bits per heavy atom. The van der Waals surface area contributed by atoms with E-state index in [4.69, 9.17) is 0 Å². The number of thiazole rings is 1. The summed E-state index contributed by atoms with van der Waals surface area (Å²) in [7, 11) is 0. The topological polar surface area (TPSA) is 24.9 Å². The fourth-order valence-corrected chi connectivity index (χ4v) is 3.74. The molecule has 0 aliphatic carbocycles. The Labute approximate surface area is 111 Å². The van der Waals surface area contributed by atoms with Crippen molar-refractivity contribution in [1.29, 1.82) is 0 Å². The van der Waals surface area contributed by atoms with Crippen molar-refractivity contribution < 1.29 is 0 Å². The highest BCUT2D eigenvalue weighted by Crippen LogP contribution is 2.27. The Bertz CT molecular complexity index is 473. The molecule has 1 unspecified atom stereocenters. The second-order valence-corrected chi connectivity index (χ2v) is 6.06. The van der Waals surface area contributed by atoms with Crippen molar-refractivity contribution in [2.75, 3.05) is 6.54 Å². The smallest absolute Gasteiger partial charge is 0.0947 e. The molecule has 0 aliphatic heterocycles. The van der Waals surface area contributed by atoms with E-state index in [0.29, 0.717) is 6.04 Å². The van der Waals surface area contributed by atoms with E-state index in [2.05, 4.69) is 47.9 Å². The first-order valence-corrected chi connectivity index (χ1v) is 7.65. The zero-order chi connectivity index (χ0) is 12.3. The van der Waals surface area contributed by atoms with Gasteiger partial charge in [-0.15, -0.1) is 22.7 Å². The Morgan fingerprint density at radius 2 is 2.18 bits per heavy atom. The SMILES string of the molecule is CCNC(Cc1nc(C)cs1)c1sccc1C. The van der Waals surface area contributed by atoms with Crippen molar-refractivity contribution in [3.8, 4) is 0 Å². The van der Waals surface area contributed by atoms with Crippen molar-refractivity contribution in [2.45, 2.75) is 33.2 Å². The van der Waals surface area contributed by atoms with Gasteiger partial charge in [-0.25, -0.2) is 4.98 Å². The number of hydrogen-bond acceptors (Lipinski definition) is 4. The van der Waals surface area contributed by atoms with Gasteiger partial charge in [-0.3, -0.25) is 0 Å². The molecule has 0 amide bonds. The summed E-state index contributed by atoms with van der Waals surface area (Å²) in [6, 6.07) is 2.60. The van der Waals surface area contributed by atoms with Gasteiger partial charge in [-0.05, 0) is 37.4 Å². The first-order valence-electron chi connectivity index (χ1n) is 5.89. The summed E-state index contributed by atoms with van der Waals surface area (Å²) in [5.41, 5.74) is 2.51. The largest absolute Gasteiger partial charge is 0.309 e. The molecule has 2 aromatic rings. The van der Waals surface area contributed by atoms with Gasteiger partial charge in [0.2, 0.25) is 0 Å². The number of likely N-dealkylation sites (N-methyl/N-ethyl adjacent to an activating group) is 1. The highest BCUT2D eigenvalue weighted by molar-refractivity contribution is 7.10. The van der Waals surface area contributed by atoms with Crippen LogP contribution in [-0.2, 0) is 6.42 Å². The maximum absolute atomic E-state index is 4.56. The number of nitrogens with one attached hydrogen (secondary N) is 1. The van der Waals surface area contributed by atoms with Crippen LogP contribution >= 0.6 is 22.7 Å². The molecule has 0 saturated carbocycles. The van der Waals surface area contributed by atoms with E-state index in [-0.39, 0.29) is 0 Å². The Kier molecular flexibility index (Phi) is 4.31. The van der Waals surface area contributed by atoms with Gasteiger partial charge in [0.25, 0.3) is 0 Å². The van der Waals surface area contributed by atoms with Crippen LogP contribution in [0.2, 0.25) is 0 Å². The van der Waals surface area contributed by atoms with Crippen LogP contribution in [0.25, 0.3) is 0 Å². The van der Waals surface area contributed by atoms with E-state index in [1.165, 1.54) is 15.4 Å². The molecule has 2 aromatic heterocycles. The van der Waals surface area contributed by atoms with Crippen molar-refractivity contribution in [3.63, 3.8) is 0 Å². The standard InChI is InChI=1S/C13H18N2S2/c1-4-14-11(13-9(2)5-6-16-13)7-12-15-10(3)8-17-12/h5-6,8,11,14H,4,7H2,1-3H3. The maximum atomic E-state index is 4.56. The Hall–Kier alpha value is -0.710. The minimum atomic E-state index is 0.408. The fraction of sp³-hybridized carbons (Fsp3) is 0.462. The predicted molar refractivity (Wildman–Crippen MR) is 76.0 cm³/mol. The molecule has 0 saturated heterocycles. The lowest BCUT2D eigenvalue weighted by molar-refractivity contribution is 0.554. The van der Waals surface area contributed by atoms with Gasteiger partial charge < -0.3 is 5.32 Å². The van der Waals surface area contributed by atoms with Crippen LogP contribution in [0.15, 0.2) is 16.8 Å². The lowest BCUT2D eigenvalue weighted by Crippen LogP contribution is -2.22. The van der Waals surface area contributed by atoms with Crippen molar-refractivity contribution in [2.24, 2.45) is 0 Å². The molecule has 0 fully saturated rings. The average molecular weight is 266 g/mol. The first kappa shape index (κ1) is 12.7. The number of aromatic nitrogens is 1. The molecule has 0 radical (unpaired) electrons. The van der Waals surface area contributed by atoms with Gasteiger partial charge in [-0.1, -0.05) is 6.92 Å². The third-order valence-electron chi connectivity index (χ3n) is 2.71. The molecular weight excluding hydrogens is 248 g/mol. The van der Waals surface area contributed by atoms with Crippen molar-refractivity contribution in [3.05, 3.63) is 38.0 Å². The average Bonchev–Trinajstić information content (AvgIpc) is 2.87. The van der Waals surface area contributed by atoms with Crippen LogP contribution in [0.1, 0.15) is 34.1 Å². The molecule has 92 valence electrons. The van der Waals surface area contributed by atoms with Crippen LogP contribution in [0.4, 0.5) is 0 Å². The summed E-state index contributed by atoms with van der Waals surface area (Å²) in [4.78, 5) is 6.00. The predicted octanol–water partition coefficient (Wildman–Crippen LogP) is 3.71. The minimum absolute atomic E-state index is 0.408. The molecule has 2 nitrogen and oxygen atoms in total. The molecule has 2 rings (SSSR count). The zero-order valence-electron chi connectivity index (χ0n) is 10.5. The van der Waals surface area contributed by atoms with Crippen LogP contribution in [0, 0.1) is 13.8 Å². The summed E-state index contributed by atoms with van der Waals surface area (Å²) in [6.45, 7) is 7.39. The van der Waals surface area contributed by atoms with Crippen LogP contribution < -0.4 is 5.32 Å². The van der Waals surface area contributed by atoms with Crippen molar-refractivity contribution in [1.82, 2.24) is 10.3 Å². The van der Waals surface area contributed by atoms with Gasteiger partial charge in [0.15, 0.2) is 0 Å². The molecule has 0 aliphatic rings. The van der Waals surface area contributed by atoms with E-state index in [0.717, 1.165) is 18.7 Å². The second-order valence-electron chi connectivity index (χ2n) is 4.16. The van der Waals surface area contributed by atoms with Gasteiger partial charge >= 0.3 is 0 Å². The first-order chi connectivity index (χ1) is 8.20. The van der Waals surface area contributed by atoms with E-state index < -0.39 is 0 Å². The number of nitrogens with zero attached hydrogens (tertiary/aromatic N) is 1. The molecule has 4 heteroatoms. The van der Waals surface area contributed by atoms with Gasteiger partial charge in [-0.2, -0.15) is 0 Å². The van der Waals surface area contributed by atoms with Crippen LogP contribution in [-0.4, -0.2) is 11.5 Å². The van der Waals surface area contributed by atoms with E-state index in [9.17, 15) is 0 Å². The van der Waals surface area contributed by atoms with Gasteiger partial charge in [0.05, 0.1) is 5.01 Å². The number of thiophene rings is 1. The monoisotopic (exact) mass is 266 g/mol. The van der Waals surface area contributed by atoms with E-state index in [1.807, 2.05) is 11.3 Å². The Balaban J connectivity index is 2.15. The number of hydrogen-bond donors (Lipinski definition) is 1. The third-order valence-corrected chi connectivity index (χ3v) is 4.84. The highest BCUT2D eigenvalue weighted by atomic mass is 32.1. The van der Waals surface area contributed by atoms with Gasteiger partial charge in [0.1, 0.15) is 0 Å². The second kappa shape index (κ2) is 5.76. The third kappa shape index (κ3) is 3.15. The summed E-state index contributed by atoms with van der Waals surface area (Å²) in [6.07, 6.45) is 0.994. The molecule has 1 N–H and O–H groups in total. The maximum Gasteiger partial charge on any atom is 0.0947 e. The highest BCUT2D eigenvalue weighted by Gasteiger charge is 2.16. The molecule has 0 spiro atoms. The van der Waals surface area contributed by atoms with Gasteiger partial charge in [0, 0.05) is 28.4 Å². The lowest BCUT2D eigenvalue weighted by atomic mass is 10.1.